The molecular weight excluding hydrogens is 588 g/mol. The maximum atomic E-state index is 4.17. The van der Waals surface area contributed by atoms with Crippen LogP contribution in [0.3, 0.4) is 0 Å². The molecule has 0 unspecified atom stereocenters. The molecule has 1 aromatic heterocycles. The van der Waals surface area contributed by atoms with E-state index in [4.69, 9.17) is 0 Å². The quantitative estimate of drug-likeness (QED) is 0.240. The number of nitrogens with zero attached hydrogens (tertiary/aromatic N) is 1. The second-order valence-electron chi connectivity index (χ2n) is 6.82. The van der Waals surface area contributed by atoms with E-state index >= 15 is 0 Å². The molecule has 2 aliphatic carbocycles. The van der Waals surface area contributed by atoms with Gasteiger partial charge in [-0.25, -0.2) is 11.6 Å². The van der Waals surface area contributed by atoms with Crippen LogP contribution in [0.4, 0.5) is 0 Å². The van der Waals surface area contributed by atoms with Crippen molar-refractivity contribution in [3.05, 3.63) is 112 Å². The van der Waals surface area contributed by atoms with Crippen molar-refractivity contribution in [3.63, 3.8) is 0 Å². The van der Waals surface area contributed by atoms with Gasteiger partial charge in [0, 0.05) is 4.47 Å². The molecule has 0 saturated heterocycles. The number of benzene rings is 3. The topological polar surface area (TPSA) is 12.9 Å². The summed E-state index contributed by atoms with van der Waals surface area (Å²) in [6, 6.07) is 27.7. The van der Waals surface area contributed by atoms with Gasteiger partial charge >= 0.3 is 31.5 Å². The van der Waals surface area contributed by atoms with E-state index in [2.05, 4.69) is 96.5 Å². The molecular formula is C25H16BrCl2NSZr-2. The van der Waals surface area contributed by atoms with E-state index in [-0.39, 0.29) is 24.8 Å². The number of rotatable bonds is 0. The van der Waals surface area contributed by atoms with Gasteiger partial charge in [0.1, 0.15) is 0 Å². The Balaban J connectivity index is 0.000000193. The Morgan fingerprint density at radius 1 is 0.774 bits per heavy atom. The third kappa shape index (κ3) is 5.67. The monoisotopic (exact) mass is 601 g/mol. The van der Waals surface area contributed by atoms with Crippen molar-refractivity contribution in [2.24, 2.45) is 0 Å². The Morgan fingerprint density at radius 2 is 1.45 bits per heavy atom. The van der Waals surface area contributed by atoms with E-state index < -0.39 is 0 Å². The van der Waals surface area contributed by atoms with Crippen LogP contribution in [0.2, 0.25) is 0 Å². The summed E-state index contributed by atoms with van der Waals surface area (Å²) < 4.78 is 1.14. The SMILES string of the molecule is Brc1ccc2c(c1)Cc1[c-]cncc1-2.[Cl-].[Cl-].[S]=[Zr+2].[c-]1cccc2c1Cc1ccccc1-2. The average Bonchev–Trinajstić information content (AvgIpc) is 3.33. The zero-order valence-corrected chi connectivity index (χ0v) is 22.7. The molecule has 0 spiro atoms. The molecule has 3 aromatic carbocycles. The van der Waals surface area contributed by atoms with Gasteiger partial charge in [-0.2, -0.15) is 29.8 Å². The normalized spacial score (nSPS) is 10.9. The minimum atomic E-state index is 0. The molecule has 0 aliphatic heterocycles. The smallest absolute Gasteiger partial charge is 0.0253 e. The van der Waals surface area contributed by atoms with Crippen LogP contribution in [0.5, 0.6) is 0 Å². The standard InChI is InChI=1S/C13H9.C12H7BrN.2ClH.S.Zr/c1-3-7-12-10(5-1)9-11-6-2-4-8-13(11)12;13-10-1-2-11-9(6-10)5-8-3-4-14-7-12(8)11;;;;/h1-5,7-8H,9H2;1-2,4,6-7H,5H2;2*1H;;/q2*-1;;;;+2/p-2. The van der Waals surface area contributed by atoms with Crippen molar-refractivity contribution < 1.29 is 47.5 Å². The van der Waals surface area contributed by atoms with Crippen LogP contribution in [0.25, 0.3) is 22.3 Å². The number of hydrogen-bond donors (Lipinski definition) is 0. The van der Waals surface area contributed by atoms with E-state index in [0.717, 1.165) is 40.0 Å². The summed E-state index contributed by atoms with van der Waals surface area (Å²) in [4.78, 5) is 4.11. The Morgan fingerprint density at radius 3 is 2.29 bits per heavy atom. The van der Waals surface area contributed by atoms with Crippen molar-refractivity contribution in [1.82, 2.24) is 4.98 Å². The van der Waals surface area contributed by atoms with Gasteiger partial charge in [0.25, 0.3) is 0 Å². The molecule has 0 amide bonds. The van der Waals surface area contributed by atoms with Gasteiger partial charge in [-0.05, 0) is 31.2 Å². The van der Waals surface area contributed by atoms with Gasteiger partial charge in [0.15, 0.2) is 0 Å². The van der Waals surface area contributed by atoms with Crippen LogP contribution in [0, 0.1) is 12.1 Å². The zero-order valence-electron chi connectivity index (χ0n) is 16.3. The molecule has 0 atom stereocenters. The van der Waals surface area contributed by atoms with Gasteiger partial charge in [-0.3, -0.25) is 0 Å². The Hall–Kier alpha value is -1.03. The average molecular weight is 605 g/mol. The van der Waals surface area contributed by atoms with Crippen LogP contribution in [0.15, 0.2) is 77.5 Å². The fraction of sp³-hybridized carbons (Fsp3) is 0.0800. The fourth-order valence-electron chi connectivity index (χ4n) is 3.92. The molecule has 0 saturated carbocycles. The van der Waals surface area contributed by atoms with E-state index in [0.29, 0.717) is 0 Å². The van der Waals surface area contributed by atoms with Gasteiger partial charge in [0.05, 0.1) is 0 Å². The summed E-state index contributed by atoms with van der Waals surface area (Å²) >= 11 is 4.62. The molecule has 0 N–H and O–H groups in total. The molecule has 0 fully saturated rings. The molecule has 6 rings (SSSR count). The van der Waals surface area contributed by atoms with E-state index in [1.165, 1.54) is 44.5 Å². The summed E-state index contributed by atoms with van der Waals surface area (Å²) in [5, 5.41) is 0. The van der Waals surface area contributed by atoms with Crippen molar-refractivity contribution in [3.8, 4) is 22.3 Å². The summed E-state index contributed by atoms with van der Waals surface area (Å²) in [6.07, 6.45) is 5.68. The van der Waals surface area contributed by atoms with Crippen LogP contribution >= 0.6 is 24.8 Å². The van der Waals surface area contributed by atoms with Gasteiger partial charge in [0.2, 0.25) is 0 Å². The molecule has 154 valence electrons. The molecule has 0 radical (unpaired) electrons. The van der Waals surface area contributed by atoms with Crippen LogP contribution in [-0.4, -0.2) is 4.98 Å². The molecule has 0 bridgehead atoms. The number of pyridine rings is 1. The van der Waals surface area contributed by atoms with Crippen molar-refractivity contribution >= 4 is 24.8 Å². The number of hydrogen-bond acceptors (Lipinski definition) is 2. The first-order valence-corrected chi connectivity index (χ1v) is 13.4. The van der Waals surface area contributed by atoms with Crippen LogP contribution < -0.4 is 24.8 Å². The fourth-order valence-corrected chi connectivity index (χ4v) is 4.33. The van der Waals surface area contributed by atoms with Crippen LogP contribution in [0.1, 0.15) is 22.3 Å². The van der Waals surface area contributed by atoms with Gasteiger partial charge in [-0.1, -0.05) is 74.7 Å². The zero-order chi connectivity index (χ0) is 20.2. The van der Waals surface area contributed by atoms with E-state index in [1.54, 1.807) is 6.20 Å². The minimum Gasteiger partial charge on any atom is -0.179 e. The third-order valence-electron chi connectivity index (χ3n) is 5.18. The number of fused-ring (bicyclic) bond motifs is 6. The first-order valence-electron chi connectivity index (χ1n) is 9.21. The second-order valence-corrected chi connectivity index (χ2v) is 7.73. The summed E-state index contributed by atoms with van der Waals surface area (Å²) in [6.45, 7) is 0. The van der Waals surface area contributed by atoms with Crippen LogP contribution in [-0.2, 0) is 35.5 Å². The van der Waals surface area contributed by atoms with Gasteiger partial charge in [-0.15, -0.1) is 11.1 Å². The largest absolute Gasteiger partial charge is 0.179 e. The Labute approximate surface area is 222 Å². The van der Waals surface area contributed by atoms with Crippen molar-refractivity contribution in [2.45, 2.75) is 12.8 Å². The van der Waals surface area contributed by atoms with E-state index in [1.807, 2.05) is 12.3 Å². The summed E-state index contributed by atoms with van der Waals surface area (Å²) in [5.74, 6) is 0. The number of halogens is 3. The Kier molecular flexibility index (Phi) is 10.4. The minimum absolute atomic E-state index is 0. The molecule has 6 heteroatoms. The molecule has 4 aromatic rings. The maximum absolute atomic E-state index is 4.17. The first kappa shape index (κ1) is 26.2. The second kappa shape index (κ2) is 12.3. The predicted molar refractivity (Wildman–Crippen MR) is 120 cm³/mol. The van der Waals surface area contributed by atoms with Gasteiger partial charge < -0.3 is 29.8 Å². The molecule has 1 nitrogen and oxygen atoms in total. The first-order chi connectivity index (χ1) is 14.3. The van der Waals surface area contributed by atoms with Crippen molar-refractivity contribution in [2.75, 3.05) is 0 Å². The molecule has 1 heterocycles. The molecule has 2 aliphatic rings. The predicted octanol–water partition coefficient (Wildman–Crippen LogP) is 0.927. The third-order valence-corrected chi connectivity index (χ3v) is 5.68. The van der Waals surface area contributed by atoms with Crippen molar-refractivity contribution in [1.29, 1.82) is 0 Å². The number of aromatic nitrogens is 1. The van der Waals surface area contributed by atoms with E-state index in [9.17, 15) is 0 Å². The summed E-state index contributed by atoms with van der Waals surface area (Å²) in [5.41, 5.74) is 10.7. The summed E-state index contributed by atoms with van der Waals surface area (Å²) in [7, 11) is 4.17. The molecule has 31 heavy (non-hydrogen) atoms. The Bertz CT molecular complexity index is 1140. The maximum Gasteiger partial charge on any atom is -0.0253 e.